The second-order valence-electron chi connectivity index (χ2n) is 6.51. The van der Waals surface area contributed by atoms with Gasteiger partial charge in [-0.25, -0.2) is 4.98 Å². The molecule has 0 radical (unpaired) electrons. The topological polar surface area (TPSA) is 87.7 Å². The molecule has 27 heavy (non-hydrogen) atoms. The van der Waals surface area contributed by atoms with Gasteiger partial charge >= 0.3 is 0 Å². The van der Waals surface area contributed by atoms with E-state index in [0.717, 1.165) is 11.4 Å². The molecular formula is C20H20N6O. The van der Waals surface area contributed by atoms with Crippen LogP contribution in [0.15, 0.2) is 48.8 Å². The van der Waals surface area contributed by atoms with E-state index in [-0.39, 0.29) is 11.9 Å². The molecule has 2 heterocycles. The van der Waals surface area contributed by atoms with Crippen molar-refractivity contribution in [3.8, 4) is 17.3 Å². The maximum absolute atomic E-state index is 12.9. The molecule has 0 saturated heterocycles. The summed E-state index contributed by atoms with van der Waals surface area (Å²) in [6.07, 6.45) is 1.67. The average molecular weight is 360 g/mol. The summed E-state index contributed by atoms with van der Waals surface area (Å²) >= 11 is 0. The van der Waals surface area contributed by atoms with Crippen LogP contribution in [0.3, 0.4) is 0 Å². The number of hydrogen-bond donors (Lipinski definition) is 0. The van der Waals surface area contributed by atoms with E-state index in [1.165, 1.54) is 0 Å². The van der Waals surface area contributed by atoms with Crippen LogP contribution in [0.4, 0.5) is 0 Å². The van der Waals surface area contributed by atoms with Gasteiger partial charge in [-0.05, 0) is 38.1 Å². The smallest absolute Gasteiger partial charge is 0.254 e. The number of amides is 1. The van der Waals surface area contributed by atoms with Gasteiger partial charge in [0.2, 0.25) is 0 Å². The van der Waals surface area contributed by atoms with Gasteiger partial charge in [0.1, 0.15) is 18.1 Å². The standard InChI is InChI=1S/C20H20N6O/c1-14(2)26-13-22-24-19(26)12-25(3)20(27)16-7-4-6-15(10-16)18-9-5-8-17(11-21)23-18/h4-10,13-14H,12H2,1-3H3. The summed E-state index contributed by atoms with van der Waals surface area (Å²) in [6, 6.07) is 14.7. The maximum atomic E-state index is 12.9. The fourth-order valence-electron chi connectivity index (χ4n) is 2.78. The summed E-state index contributed by atoms with van der Waals surface area (Å²) in [5.74, 6) is 0.618. The number of carbonyl (C=O) groups is 1. The van der Waals surface area contributed by atoms with Gasteiger partial charge in [0.05, 0.1) is 12.2 Å². The van der Waals surface area contributed by atoms with Crippen molar-refractivity contribution in [2.75, 3.05) is 7.05 Å². The van der Waals surface area contributed by atoms with Gasteiger partial charge < -0.3 is 9.47 Å². The van der Waals surface area contributed by atoms with Crippen LogP contribution in [0.5, 0.6) is 0 Å². The van der Waals surface area contributed by atoms with E-state index >= 15 is 0 Å². The van der Waals surface area contributed by atoms with Gasteiger partial charge in [-0.1, -0.05) is 18.2 Å². The predicted octanol–water partition coefficient (Wildman–Crippen LogP) is 3.06. The second kappa shape index (κ2) is 7.79. The van der Waals surface area contributed by atoms with Crippen molar-refractivity contribution < 1.29 is 4.79 Å². The minimum absolute atomic E-state index is 0.119. The zero-order chi connectivity index (χ0) is 19.4. The molecule has 2 aromatic heterocycles. The van der Waals surface area contributed by atoms with Crippen LogP contribution >= 0.6 is 0 Å². The molecule has 3 rings (SSSR count). The monoisotopic (exact) mass is 360 g/mol. The molecule has 0 atom stereocenters. The van der Waals surface area contributed by atoms with Crippen molar-refractivity contribution >= 4 is 5.91 Å². The van der Waals surface area contributed by atoms with Crippen molar-refractivity contribution in [1.29, 1.82) is 5.26 Å². The van der Waals surface area contributed by atoms with Crippen LogP contribution in [-0.4, -0.2) is 37.6 Å². The molecule has 136 valence electrons. The molecule has 0 bridgehead atoms. The van der Waals surface area contributed by atoms with Gasteiger partial charge in [-0.2, -0.15) is 5.26 Å². The Kier molecular flexibility index (Phi) is 5.27. The Morgan fingerprint density at radius 1 is 1.26 bits per heavy atom. The summed E-state index contributed by atoms with van der Waals surface area (Å²) in [4.78, 5) is 18.8. The zero-order valence-corrected chi connectivity index (χ0v) is 15.5. The summed E-state index contributed by atoms with van der Waals surface area (Å²) in [5, 5.41) is 17.1. The normalized spacial score (nSPS) is 10.6. The van der Waals surface area contributed by atoms with E-state index in [1.54, 1.807) is 42.5 Å². The van der Waals surface area contributed by atoms with Crippen LogP contribution in [0, 0.1) is 11.3 Å². The van der Waals surface area contributed by atoms with Crippen LogP contribution in [0.2, 0.25) is 0 Å². The minimum atomic E-state index is -0.119. The third-order valence-corrected chi connectivity index (χ3v) is 4.20. The van der Waals surface area contributed by atoms with Crippen molar-refractivity contribution in [3.63, 3.8) is 0 Å². The van der Waals surface area contributed by atoms with Crippen molar-refractivity contribution in [2.24, 2.45) is 0 Å². The fraction of sp³-hybridized carbons (Fsp3) is 0.250. The van der Waals surface area contributed by atoms with Gasteiger partial charge in [0, 0.05) is 24.2 Å². The Morgan fingerprint density at radius 3 is 2.78 bits per heavy atom. The number of rotatable bonds is 5. The summed E-state index contributed by atoms with van der Waals surface area (Å²) in [7, 11) is 1.74. The largest absolute Gasteiger partial charge is 0.334 e. The highest BCUT2D eigenvalue weighted by Crippen LogP contribution is 2.20. The molecule has 0 spiro atoms. The molecule has 1 aromatic carbocycles. The third kappa shape index (κ3) is 4.01. The van der Waals surface area contributed by atoms with Crippen molar-refractivity contribution in [2.45, 2.75) is 26.4 Å². The van der Waals surface area contributed by atoms with Crippen molar-refractivity contribution in [3.05, 3.63) is 65.9 Å². The van der Waals surface area contributed by atoms with E-state index in [9.17, 15) is 4.79 Å². The molecule has 0 N–H and O–H groups in total. The van der Waals surface area contributed by atoms with E-state index < -0.39 is 0 Å². The molecular weight excluding hydrogens is 340 g/mol. The molecule has 7 heteroatoms. The first-order valence-corrected chi connectivity index (χ1v) is 8.61. The first kappa shape index (κ1) is 18.3. The van der Waals surface area contributed by atoms with Gasteiger partial charge in [-0.15, -0.1) is 10.2 Å². The molecule has 7 nitrogen and oxygen atoms in total. The number of carbonyl (C=O) groups excluding carboxylic acids is 1. The Hall–Kier alpha value is -3.53. The van der Waals surface area contributed by atoms with Crippen molar-refractivity contribution in [1.82, 2.24) is 24.6 Å². The van der Waals surface area contributed by atoms with Crippen LogP contribution in [0.25, 0.3) is 11.3 Å². The van der Waals surface area contributed by atoms with E-state index in [1.807, 2.05) is 42.7 Å². The van der Waals surface area contributed by atoms with E-state index in [2.05, 4.69) is 15.2 Å². The lowest BCUT2D eigenvalue weighted by Crippen LogP contribution is -2.28. The number of nitriles is 1. The van der Waals surface area contributed by atoms with Crippen LogP contribution < -0.4 is 0 Å². The Bertz CT molecular complexity index is 1000. The molecule has 0 fully saturated rings. The Labute approximate surface area is 157 Å². The summed E-state index contributed by atoms with van der Waals surface area (Å²) in [6.45, 7) is 4.45. The van der Waals surface area contributed by atoms with Gasteiger partial charge in [0.15, 0.2) is 5.82 Å². The highest BCUT2D eigenvalue weighted by atomic mass is 16.2. The fourth-order valence-corrected chi connectivity index (χ4v) is 2.78. The lowest BCUT2D eigenvalue weighted by Gasteiger charge is -2.18. The summed E-state index contributed by atoms with van der Waals surface area (Å²) in [5.41, 5.74) is 2.34. The number of nitrogens with zero attached hydrogens (tertiary/aromatic N) is 6. The number of hydrogen-bond acceptors (Lipinski definition) is 5. The van der Waals surface area contributed by atoms with E-state index in [4.69, 9.17) is 5.26 Å². The molecule has 0 aliphatic rings. The minimum Gasteiger partial charge on any atom is -0.334 e. The number of aromatic nitrogens is 4. The Balaban J connectivity index is 1.82. The first-order chi connectivity index (χ1) is 13.0. The molecule has 3 aromatic rings. The predicted molar refractivity (Wildman–Crippen MR) is 101 cm³/mol. The number of pyridine rings is 1. The molecule has 0 saturated carbocycles. The maximum Gasteiger partial charge on any atom is 0.254 e. The summed E-state index contributed by atoms with van der Waals surface area (Å²) < 4.78 is 1.94. The Morgan fingerprint density at radius 2 is 2.04 bits per heavy atom. The molecule has 0 aliphatic heterocycles. The lowest BCUT2D eigenvalue weighted by atomic mass is 10.1. The van der Waals surface area contributed by atoms with Crippen LogP contribution in [-0.2, 0) is 6.54 Å². The lowest BCUT2D eigenvalue weighted by molar-refractivity contribution is 0.0779. The quantitative estimate of drug-likeness (QED) is 0.698. The van der Waals surface area contributed by atoms with Crippen LogP contribution in [0.1, 0.15) is 41.8 Å². The highest BCUT2D eigenvalue weighted by molar-refractivity contribution is 5.95. The second-order valence-corrected chi connectivity index (χ2v) is 6.51. The molecule has 0 unspecified atom stereocenters. The number of benzene rings is 1. The molecule has 1 amide bonds. The average Bonchev–Trinajstić information content (AvgIpc) is 3.16. The third-order valence-electron chi connectivity index (χ3n) is 4.20. The SMILES string of the molecule is CC(C)n1cnnc1CN(C)C(=O)c1cccc(-c2cccc(C#N)n2)c1. The van der Waals surface area contributed by atoms with Gasteiger partial charge in [0.25, 0.3) is 5.91 Å². The molecule has 0 aliphatic carbocycles. The zero-order valence-electron chi connectivity index (χ0n) is 15.5. The highest BCUT2D eigenvalue weighted by Gasteiger charge is 2.16. The van der Waals surface area contributed by atoms with Gasteiger partial charge in [-0.3, -0.25) is 4.79 Å². The van der Waals surface area contributed by atoms with E-state index in [0.29, 0.717) is 23.5 Å². The first-order valence-electron chi connectivity index (χ1n) is 8.61.